The smallest absolute Gasteiger partial charge is 0.274 e. The average Bonchev–Trinajstić information content (AvgIpc) is 2.32. The van der Waals surface area contributed by atoms with Gasteiger partial charge < -0.3 is 5.32 Å². The highest BCUT2D eigenvalue weighted by molar-refractivity contribution is 6.29. The fraction of sp³-hybridized carbons (Fsp3) is 0.154. The minimum Gasteiger partial charge on any atom is -0.319 e. The molecule has 92 valence electrons. The minimum absolute atomic E-state index is 0.258. The summed E-state index contributed by atoms with van der Waals surface area (Å²) < 4.78 is 0. The first-order valence-corrected chi connectivity index (χ1v) is 5.82. The molecule has 2 heterocycles. The van der Waals surface area contributed by atoms with Crippen LogP contribution in [0.15, 0.2) is 30.3 Å². The van der Waals surface area contributed by atoms with E-state index in [4.69, 9.17) is 11.6 Å². The van der Waals surface area contributed by atoms with E-state index in [1.165, 1.54) is 0 Å². The number of anilines is 1. The second kappa shape index (κ2) is 5.14. The van der Waals surface area contributed by atoms with Gasteiger partial charge in [0.25, 0.3) is 5.91 Å². The van der Waals surface area contributed by atoms with Gasteiger partial charge in [0.15, 0.2) is 0 Å². The Morgan fingerprint density at radius 2 is 1.94 bits per heavy atom. The summed E-state index contributed by atoms with van der Waals surface area (Å²) in [6.45, 7) is 3.62. The molecule has 0 aliphatic rings. The van der Waals surface area contributed by atoms with Crippen molar-refractivity contribution >= 4 is 23.2 Å². The first kappa shape index (κ1) is 12.5. The highest BCUT2D eigenvalue weighted by Gasteiger charge is 2.09. The van der Waals surface area contributed by atoms with Gasteiger partial charge in [-0.25, -0.2) is 9.97 Å². The summed E-state index contributed by atoms with van der Waals surface area (Å²) in [6, 6.07) is 8.66. The Bertz CT molecular complexity index is 599. The SMILES string of the molecule is Cc1cccc(C(=O)Nc2ccc(Cl)nc2C)n1. The van der Waals surface area contributed by atoms with Gasteiger partial charge in [0.05, 0.1) is 11.4 Å². The second-order valence-electron chi connectivity index (χ2n) is 3.89. The molecule has 0 aromatic carbocycles. The van der Waals surface area contributed by atoms with Crippen LogP contribution in [0, 0.1) is 13.8 Å². The average molecular weight is 262 g/mol. The lowest BCUT2D eigenvalue weighted by molar-refractivity contribution is 0.102. The van der Waals surface area contributed by atoms with Crippen molar-refractivity contribution in [2.24, 2.45) is 0 Å². The predicted octanol–water partition coefficient (Wildman–Crippen LogP) is 3.00. The number of halogens is 1. The number of amides is 1. The van der Waals surface area contributed by atoms with Crippen LogP contribution in [0.4, 0.5) is 5.69 Å². The van der Waals surface area contributed by atoms with E-state index in [2.05, 4.69) is 15.3 Å². The number of aromatic nitrogens is 2. The van der Waals surface area contributed by atoms with Crippen molar-refractivity contribution in [3.05, 3.63) is 52.6 Å². The van der Waals surface area contributed by atoms with E-state index in [1.54, 1.807) is 31.2 Å². The number of nitrogens with one attached hydrogen (secondary N) is 1. The van der Waals surface area contributed by atoms with E-state index < -0.39 is 0 Å². The molecule has 2 aromatic heterocycles. The molecule has 4 nitrogen and oxygen atoms in total. The van der Waals surface area contributed by atoms with Crippen molar-refractivity contribution < 1.29 is 4.79 Å². The third-order valence-electron chi connectivity index (χ3n) is 2.42. The maximum atomic E-state index is 12.0. The van der Waals surface area contributed by atoms with E-state index in [0.29, 0.717) is 22.2 Å². The van der Waals surface area contributed by atoms with Gasteiger partial charge in [0, 0.05) is 5.69 Å². The van der Waals surface area contributed by atoms with Crippen LogP contribution < -0.4 is 5.32 Å². The maximum Gasteiger partial charge on any atom is 0.274 e. The number of carbonyl (C=O) groups is 1. The molecular formula is C13H12ClN3O. The third kappa shape index (κ3) is 2.84. The lowest BCUT2D eigenvalue weighted by atomic mass is 10.2. The zero-order valence-corrected chi connectivity index (χ0v) is 10.8. The fourth-order valence-electron chi connectivity index (χ4n) is 1.52. The summed E-state index contributed by atoms with van der Waals surface area (Å²) in [7, 11) is 0. The molecule has 0 saturated heterocycles. The second-order valence-corrected chi connectivity index (χ2v) is 4.27. The van der Waals surface area contributed by atoms with Crippen molar-refractivity contribution in [3.8, 4) is 0 Å². The Hall–Kier alpha value is -1.94. The molecule has 0 saturated carbocycles. The summed E-state index contributed by atoms with van der Waals surface area (Å²) in [6.07, 6.45) is 0. The third-order valence-corrected chi connectivity index (χ3v) is 2.63. The molecular weight excluding hydrogens is 250 g/mol. The minimum atomic E-state index is -0.258. The molecule has 1 N–H and O–H groups in total. The van der Waals surface area contributed by atoms with Crippen LogP contribution >= 0.6 is 11.6 Å². The summed E-state index contributed by atoms with van der Waals surface area (Å²) in [5, 5.41) is 3.16. The van der Waals surface area contributed by atoms with Crippen molar-refractivity contribution in [2.75, 3.05) is 5.32 Å². The zero-order chi connectivity index (χ0) is 13.1. The highest BCUT2D eigenvalue weighted by atomic mass is 35.5. The first-order chi connectivity index (χ1) is 8.56. The monoisotopic (exact) mass is 261 g/mol. The first-order valence-electron chi connectivity index (χ1n) is 5.44. The van der Waals surface area contributed by atoms with Crippen molar-refractivity contribution in [3.63, 3.8) is 0 Å². The number of nitrogens with zero attached hydrogens (tertiary/aromatic N) is 2. The van der Waals surface area contributed by atoms with Crippen molar-refractivity contribution in [1.29, 1.82) is 0 Å². The van der Waals surface area contributed by atoms with E-state index >= 15 is 0 Å². The van der Waals surface area contributed by atoms with Gasteiger partial charge in [0.1, 0.15) is 10.8 Å². The van der Waals surface area contributed by atoms with E-state index in [-0.39, 0.29) is 5.91 Å². The number of hydrogen-bond acceptors (Lipinski definition) is 3. The number of carbonyl (C=O) groups excluding carboxylic acids is 1. The van der Waals surface area contributed by atoms with Gasteiger partial charge in [0.2, 0.25) is 0 Å². The van der Waals surface area contributed by atoms with Crippen molar-refractivity contribution in [1.82, 2.24) is 9.97 Å². The number of aryl methyl sites for hydroxylation is 2. The molecule has 0 unspecified atom stereocenters. The van der Waals surface area contributed by atoms with Crippen LogP contribution in [0.5, 0.6) is 0 Å². The molecule has 0 fully saturated rings. The lowest BCUT2D eigenvalue weighted by Gasteiger charge is -2.07. The molecule has 0 atom stereocenters. The Morgan fingerprint density at radius 3 is 2.61 bits per heavy atom. The molecule has 2 rings (SSSR count). The lowest BCUT2D eigenvalue weighted by Crippen LogP contribution is -2.15. The molecule has 0 spiro atoms. The Balaban J connectivity index is 2.21. The molecule has 18 heavy (non-hydrogen) atoms. The van der Waals surface area contributed by atoms with Crippen LogP contribution in [0.3, 0.4) is 0 Å². The van der Waals surface area contributed by atoms with Gasteiger partial charge in [-0.3, -0.25) is 4.79 Å². The van der Waals surface area contributed by atoms with Gasteiger partial charge in [-0.15, -0.1) is 0 Å². The molecule has 0 aliphatic carbocycles. The summed E-state index contributed by atoms with van der Waals surface area (Å²) >= 11 is 5.76. The Kier molecular flexibility index (Phi) is 3.58. The van der Waals surface area contributed by atoms with E-state index in [9.17, 15) is 4.79 Å². The predicted molar refractivity (Wildman–Crippen MR) is 70.9 cm³/mol. The van der Waals surface area contributed by atoms with Crippen LogP contribution in [0.1, 0.15) is 21.9 Å². The summed E-state index contributed by atoms with van der Waals surface area (Å²) in [5.74, 6) is -0.258. The van der Waals surface area contributed by atoms with E-state index in [0.717, 1.165) is 5.69 Å². The Morgan fingerprint density at radius 1 is 1.17 bits per heavy atom. The largest absolute Gasteiger partial charge is 0.319 e. The van der Waals surface area contributed by atoms with Crippen LogP contribution in [-0.4, -0.2) is 15.9 Å². The van der Waals surface area contributed by atoms with Crippen LogP contribution in [0.25, 0.3) is 0 Å². The quantitative estimate of drug-likeness (QED) is 0.846. The van der Waals surface area contributed by atoms with Gasteiger partial charge in [-0.1, -0.05) is 17.7 Å². The number of hydrogen-bond donors (Lipinski definition) is 1. The van der Waals surface area contributed by atoms with Gasteiger partial charge >= 0.3 is 0 Å². The summed E-state index contributed by atoms with van der Waals surface area (Å²) in [4.78, 5) is 20.2. The Labute approximate surface area is 110 Å². The van der Waals surface area contributed by atoms with Gasteiger partial charge in [-0.2, -0.15) is 0 Å². The van der Waals surface area contributed by atoms with Crippen molar-refractivity contribution in [2.45, 2.75) is 13.8 Å². The highest BCUT2D eigenvalue weighted by Crippen LogP contribution is 2.16. The fourth-order valence-corrected chi connectivity index (χ4v) is 1.71. The molecule has 1 amide bonds. The van der Waals surface area contributed by atoms with E-state index in [1.807, 2.05) is 13.0 Å². The summed E-state index contributed by atoms with van der Waals surface area (Å²) in [5.41, 5.74) is 2.48. The molecule has 0 radical (unpaired) electrons. The normalized spacial score (nSPS) is 10.2. The topological polar surface area (TPSA) is 54.9 Å². The van der Waals surface area contributed by atoms with Crippen LogP contribution in [-0.2, 0) is 0 Å². The zero-order valence-electron chi connectivity index (χ0n) is 10.1. The van der Waals surface area contributed by atoms with Crippen LogP contribution in [0.2, 0.25) is 5.15 Å². The standard InChI is InChI=1S/C13H12ClN3O/c1-8-4-3-5-11(15-8)13(18)17-10-6-7-12(14)16-9(10)2/h3-7H,1-2H3,(H,17,18). The van der Waals surface area contributed by atoms with Gasteiger partial charge in [-0.05, 0) is 38.1 Å². The number of pyridine rings is 2. The molecule has 2 aromatic rings. The number of rotatable bonds is 2. The molecule has 0 aliphatic heterocycles. The maximum absolute atomic E-state index is 12.0. The molecule has 0 bridgehead atoms. The molecule has 5 heteroatoms.